The molecular weight excluding hydrogens is 340 g/mol. The minimum Gasteiger partial charge on any atom is -0.393 e. The predicted octanol–water partition coefficient (Wildman–Crippen LogP) is 3.50. The zero-order valence-corrected chi connectivity index (χ0v) is 15.4. The van der Waals surface area contributed by atoms with Crippen LogP contribution in [-0.2, 0) is 4.79 Å². The second-order valence-corrected chi connectivity index (χ2v) is 6.77. The Hall–Kier alpha value is -2.92. The highest BCUT2D eigenvalue weighted by Gasteiger charge is 2.17. The van der Waals surface area contributed by atoms with E-state index in [1.54, 1.807) is 24.3 Å². The molecule has 0 bridgehead atoms. The Balaban J connectivity index is 1.60. The van der Waals surface area contributed by atoms with E-state index in [1.807, 2.05) is 36.4 Å². The Morgan fingerprint density at radius 3 is 2.26 bits per heavy atom. The highest BCUT2D eigenvalue weighted by Crippen LogP contribution is 2.21. The summed E-state index contributed by atoms with van der Waals surface area (Å²) in [6, 6.07) is 14.9. The molecule has 0 unspecified atom stereocenters. The average molecular weight is 364 g/mol. The molecule has 0 spiro atoms. The van der Waals surface area contributed by atoms with Crippen LogP contribution in [0.15, 0.2) is 54.6 Å². The van der Waals surface area contributed by atoms with E-state index in [-0.39, 0.29) is 17.8 Å². The minimum atomic E-state index is -0.195. The molecule has 1 heterocycles. The summed E-state index contributed by atoms with van der Waals surface area (Å²) in [4.78, 5) is 25.6. The standard InChI is InChI=1S/C22H24N2O3/c1-16(25)23-19-7-2-17(3-8-19)4-11-22(27)18-5-9-20(10-6-18)24-14-12-21(26)13-15-24/h2-11,21,26H,12-15H2,1H3,(H,23,25)/b11-4+. The van der Waals surface area contributed by atoms with Crippen LogP contribution in [0.1, 0.15) is 35.7 Å². The first-order valence-electron chi connectivity index (χ1n) is 9.14. The van der Waals surface area contributed by atoms with Gasteiger partial charge in [-0.25, -0.2) is 0 Å². The van der Waals surface area contributed by atoms with Gasteiger partial charge in [-0.3, -0.25) is 9.59 Å². The zero-order chi connectivity index (χ0) is 19.2. The maximum absolute atomic E-state index is 12.4. The quantitative estimate of drug-likeness (QED) is 0.629. The number of nitrogens with zero attached hydrogens (tertiary/aromatic N) is 1. The molecule has 5 heteroatoms. The molecule has 0 aliphatic carbocycles. The molecule has 2 N–H and O–H groups in total. The molecule has 1 aliphatic heterocycles. The molecule has 27 heavy (non-hydrogen) atoms. The van der Waals surface area contributed by atoms with Crippen LogP contribution in [0.4, 0.5) is 11.4 Å². The normalized spacial score (nSPS) is 15.1. The lowest BCUT2D eigenvalue weighted by Crippen LogP contribution is -2.35. The Morgan fingerprint density at radius 2 is 1.67 bits per heavy atom. The van der Waals surface area contributed by atoms with Crippen LogP contribution in [0.3, 0.4) is 0 Å². The van der Waals surface area contributed by atoms with Crippen molar-refractivity contribution in [2.75, 3.05) is 23.3 Å². The van der Waals surface area contributed by atoms with Crippen LogP contribution in [0.25, 0.3) is 6.08 Å². The van der Waals surface area contributed by atoms with Crippen LogP contribution in [0, 0.1) is 0 Å². The number of rotatable bonds is 5. The molecule has 0 radical (unpaired) electrons. The number of hydrogen-bond donors (Lipinski definition) is 2. The summed E-state index contributed by atoms with van der Waals surface area (Å²) < 4.78 is 0. The summed E-state index contributed by atoms with van der Waals surface area (Å²) in [6.45, 7) is 3.14. The largest absolute Gasteiger partial charge is 0.393 e. The topological polar surface area (TPSA) is 69.6 Å². The third-order valence-electron chi connectivity index (χ3n) is 4.64. The molecule has 0 atom stereocenters. The van der Waals surface area contributed by atoms with Gasteiger partial charge < -0.3 is 15.3 Å². The minimum absolute atomic E-state index is 0.0541. The molecule has 0 saturated carbocycles. The number of nitrogens with one attached hydrogen (secondary N) is 1. The molecule has 3 rings (SSSR count). The van der Waals surface area contributed by atoms with Gasteiger partial charge in [-0.05, 0) is 60.9 Å². The van der Waals surface area contributed by atoms with Gasteiger partial charge in [0, 0.05) is 37.0 Å². The van der Waals surface area contributed by atoms with Gasteiger partial charge in [-0.1, -0.05) is 18.2 Å². The number of anilines is 2. The lowest BCUT2D eigenvalue weighted by Gasteiger charge is -2.31. The van der Waals surface area contributed by atoms with Gasteiger partial charge in [0.25, 0.3) is 0 Å². The Kier molecular flexibility index (Phi) is 6.04. The van der Waals surface area contributed by atoms with Crippen LogP contribution in [0.2, 0.25) is 0 Å². The molecule has 140 valence electrons. The van der Waals surface area contributed by atoms with Crippen LogP contribution in [-0.4, -0.2) is 36.0 Å². The monoisotopic (exact) mass is 364 g/mol. The van der Waals surface area contributed by atoms with E-state index in [4.69, 9.17) is 0 Å². The van der Waals surface area contributed by atoms with Crippen LogP contribution in [0.5, 0.6) is 0 Å². The van der Waals surface area contributed by atoms with E-state index in [0.717, 1.165) is 42.9 Å². The summed E-state index contributed by atoms with van der Waals surface area (Å²) in [6.07, 6.45) is 4.69. The summed E-state index contributed by atoms with van der Waals surface area (Å²) in [5.41, 5.74) is 3.34. The fraction of sp³-hybridized carbons (Fsp3) is 0.273. The van der Waals surface area contributed by atoms with Crippen molar-refractivity contribution in [1.29, 1.82) is 0 Å². The maximum atomic E-state index is 12.4. The SMILES string of the molecule is CC(=O)Nc1ccc(/C=C/C(=O)c2ccc(N3CCC(O)CC3)cc2)cc1. The Labute approximate surface area is 159 Å². The smallest absolute Gasteiger partial charge is 0.221 e. The van der Waals surface area contributed by atoms with Crippen molar-refractivity contribution < 1.29 is 14.7 Å². The van der Waals surface area contributed by atoms with E-state index < -0.39 is 0 Å². The van der Waals surface area contributed by atoms with Crippen molar-refractivity contribution in [1.82, 2.24) is 0 Å². The molecule has 1 aliphatic rings. The maximum Gasteiger partial charge on any atom is 0.221 e. The lowest BCUT2D eigenvalue weighted by molar-refractivity contribution is -0.114. The molecular formula is C22H24N2O3. The molecule has 5 nitrogen and oxygen atoms in total. The Bertz CT molecular complexity index is 818. The summed E-state index contributed by atoms with van der Waals surface area (Å²) >= 11 is 0. The number of benzene rings is 2. The summed E-state index contributed by atoms with van der Waals surface area (Å²) in [5.74, 6) is -0.167. The van der Waals surface area contributed by atoms with Gasteiger partial charge in [-0.15, -0.1) is 0 Å². The third-order valence-corrected chi connectivity index (χ3v) is 4.64. The first-order valence-corrected chi connectivity index (χ1v) is 9.14. The van der Waals surface area contributed by atoms with Crippen LogP contribution >= 0.6 is 0 Å². The number of piperidine rings is 1. The first-order chi connectivity index (χ1) is 13.0. The van der Waals surface area contributed by atoms with Crippen molar-refractivity contribution in [2.45, 2.75) is 25.9 Å². The molecule has 1 amide bonds. The van der Waals surface area contributed by atoms with Crippen molar-refractivity contribution in [3.05, 3.63) is 65.7 Å². The van der Waals surface area contributed by atoms with Crippen molar-refractivity contribution in [3.8, 4) is 0 Å². The molecule has 2 aromatic rings. The number of carbonyl (C=O) groups is 2. The number of aliphatic hydroxyl groups excluding tert-OH is 1. The third kappa shape index (κ3) is 5.28. The highest BCUT2D eigenvalue weighted by molar-refractivity contribution is 6.07. The number of allylic oxidation sites excluding steroid dienone is 1. The van der Waals surface area contributed by atoms with Gasteiger partial charge >= 0.3 is 0 Å². The fourth-order valence-corrected chi connectivity index (χ4v) is 3.11. The number of ketones is 1. The van der Waals surface area contributed by atoms with Crippen molar-refractivity contribution in [2.24, 2.45) is 0 Å². The lowest BCUT2D eigenvalue weighted by atomic mass is 10.1. The first kappa shape index (κ1) is 18.9. The van der Waals surface area contributed by atoms with Gasteiger partial charge in [0.1, 0.15) is 0 Å². The molecule has 2 aromatic carbocycles. The zero-order valence-electron chi connectivity index (χ0n) is 15.4. The van der Waals surface area contributed by atoms with Gasteiger partial charge in [-0.2, -0.15) is 0 Å². The van der Waals surface area contributed by atoms with E-state index in [2.05, 4.69) is 10.2 Å². The van der Waals surface area contributed by atoms with Gasteiger partial charge in [0.2, 0.25) is 5.91 Å². The van der Waals surface area contributed by atoms with Crippen molar-refractivity contribution in [3.63, 3.8) is 0 Å². The number of hydrogen-bond acceptors (Lipinski definition) is 4. The number of aliphatic hydroxyl groups is 1. The number of carbonyl (C=O) groups excluding carboxylic acids is 2. The average Bonchev–Trinajstić information content (AvgIpc) is 2.67. The van der Waals surface area contributed by atoms with Gasteiger partial charge in [0.05, 0.1) is 6.10 Å². The Morgan fingerprint density at radius 1 is 1.04 bits per heavy atom. The predicted molar refractivity (Wildman–Crippen MR) is 108 cm³/mol. The highest BCUT2D eigenvalue weighted by atomic mass is 16.3. The van der Waals surface area contributed by atoms with Crippen LogP contribution < -0.4 is 10.2 Å². The molecule has 1 saturated heterocycles. The fourth-order valence-electron chi connectivity index (χ4n) is 3.11. The second kappa shape index (κ2) is 8.64. The summed E-state index contributed by atoms with van der Waals surface area (Å²) in [7, 11) is 0. The summed E-state index contributed by atoms with van der Waals surface area (Å²) in [5, 5.41) is 12.3. The molecule has 1 fully saturated rings. The van der Waals surface area contributed by atoms with Crippen molar-refractivity contribution >= 4 is 29.1 Å². The second-order valence-electron chi connectivity index (χ2n) is 6.77. The number of amides is 1. The van der Waals surface area contributed by atoms with E-state index >= 15 is 0 Å². The van der Waals surface area contributed by atoms with E-state index in [0.29, 0.717) is 5.56 Å². The van der Waals surface area contributed by atoms with E-state index in [1.165, 1.54) is 6.92 Å². The molecule has 0 aromatic heterocycles. The van der Waals surface area contributed by atoms with E-state index in [9.17, 15) is 14.7 Å². The van der Waals surface area contributed by atoms with Gasteiger partial charge in [0.15, 0.2) is 5.78 Å².